The normalized spacial score (nSPS) is 19.3. The molecule has 1 fully saturated rings. The number of hydrogen-bond acceptors (Lipinski definition) is 6. The number of ether oxygens (including phenoxy) is 1. The molecule has 88 valence electrons. The van der Waals surface area contributed by atoms with E-state index in [4.69, 9.17) is 4.74 Å². The lowest BCUT2D eigenvalue weighted by Crippen LogP contribution is -2.46. The Morgan fingerprint density at radius 3 is 3.00 bits per heavy atom. The van der Waals surface area contributed by atoms with Gasteiger partial charge in [0.15, 0.2) is 5.69 Å². The standard InChI is InChI=1S/C9H13N3O3S/c13-8(7-5-11-16-12-7)10-6-9(14)1-3-15-4-2-9/h5,14H,1-4,6H2,(H,10,13). The number of hydrogen-bond donors (Lipinski definition) is 2. The minimum absolute atomic E-state index is 0.229. The van der Waals surface area contributed by atoms with Crippen LogP contribution in [0.2, 0.25) is 0 Å². The second-order valence-electron chi connectivity index (χ2n) is 3.81. The topological polar surface area (TPSA) is 84.3 Å². The highest BCUT2D eigenvalue weighted by molar-refractivity contribution is 6.99. The van der Waals surface area contributed by atoms with Crippen molar-refractivity contribution >= 4 is 17.6 Å². The van der Waals surface area contributed by atoms with Crippen molar-refractivity contribution in [1.82, 2.24) is 14.1 Å². The first-order valence-electron chi connectivity index (χ1n) is 5.05. The molecule has 7 heteroatoms. The Morgan fingerprint density at radius 2 is 2.38 bits per heavy atom. The molecule has 0 aromatic carbocycles. The summed E-state index contributed by atoms with van der Waals surface area (Å²) in [4.78, 5) is 11.5. The maximum absolute atomic E-state index is 11.5. The molecule has 0 atom stereocenters. The molecule has 0 spiro atoms. The summed E-state index contributed by atoms with van der Waals surface area (Å²) >= 11 is 0.985. The quantitative estimate of drug-likeness (QED) is 0.768. The molecule has 2 N–H and O–H groups in total. The lowest BCUT2D eigenvalue weighted by atomic mass is 9.94. The third-order valence-electron chi connectivity index (χ3n) is 2.60. The zero-order valence-corrected chi connectivity index (χ0v) is 9.50. The van der Waals surface area contributed by atoms with Gasteiger partial charge in [0.25, 0.3) is 5.91 Å². The van der Waals surface area contributed by atoms with Crippen molar-refractivity contribution in [3.63, 3.8) is 0 Å². The van der Waals surface area contributed by atoms with E-state index in [0.29, 0.717) is 31.7 Å². The molecule has 0 unspecified atom stereocenters. The Hall–Kier alpha value is -1.05. The van der Waals surface area contributed by atoms with Gasteiger partial charge in [-0.25, -0.2) is 0 Å². The van der Waals surface area contributed by atoms with Crippen LogP contribution in [0, 0.1) is 0 Å². The van der Waals surface area contributed by atoms with Crippen molar-refractivity contribution in [3.8, 4) is 0 Å². The Labute approximate surface area is 97.0 Å². The van der Waals surface area contributed by atoms with Crippen LogP contribution in [0.25, 0.3) is 0 Å². The van der Waals surface area contributed by atoms with Gasteiger partial charge in [0.05, 0.1) is 23.5 Å². The fourth-order valence-electron chi connectivity index (χ4n) is 1.53. The van der Waals surface area contributed by atoms with Crippen LogP contribution in [0.1, 0.15) is 23.3 Å². The average molecular weight is 243 g/mol. The van der Waals surface area contributed by atoms with Gasteiger partial charge in [-0.3, -0.25) is 4.79 Å². The summed E-state index contributed by atoms with van der Waals surface area (Å²) in [5.74, 6) is -0.298. The lowest BCUT2D eigenvalue weighted by molar-refractivity contribution is -0.0605. The highest BCUT2D eigenvalue weighted by Gasteiger charge is 2.30. The number of nitrogens with one attached hydrogen (secondary N) is 1. The number of rotatable bonds is 3. The molecular weight excluding hydrogens is 230 g/mol. The summed E-state index contributed by atoms with van der Waals surface area (Å²) in [6, 6.07) is 0. The minimum Gasteiger partial charge on any atom is -0.388 e. The molecule has 1 amide bonds. The van der Waals surface area contributed by atoms with E-state index in [0.717, 1.165) is 11.7 Å². The van der Waals surface area contributed by atoms with E-state index in [1.807, 2.05) is 0 Å². The van der Waals surface area contributed by atoms with Crippen LogP contribution in [0.15, 0.2) is 6.20 Å². The number of amides is 1. The van der Waals surface area contributed by atoms with Crippen molar-refractivity contribution in [2.75, 3.05) is 19.8 Å². The van der Waals surface area contributed by atoms with Gasteiger partial charge in [-0.15, -0.1) is 0 Å². The fraction of sp³-hybridized carbons (Fsp3) is 0.667. The van der Waals surface area contributed by atoms with Gasteiger partial charge < -0.3 is 15.2 Å². The number of aliphatic hydroxyl groups is 1. The van der Waals surface area contributed by atoms with Gasteiger partial charge in [0.1, 0.15) is 0 Å². The highest BCUT2D eigenvalue weighted by Crippen LogP contribution is 2.19. The minimum atomic E-state index is -0.850. The van der Waals surface area contributed by atoms with Crippen LogP contribution < -0.4 is 5.32 Å². The van der Waals surface area contributed by atoms with Crippen molar-refractivity contribution in [2.45, 2.75) is 18.4 Å². The second-order valence-corrected chi connectivity index (χ2v) is 4.37. The second kappa shape index (κ2) is 4.86. The van der Waals surface area contributed by atoms with E-state index in [2.05, 4.69) is 14.1 Å². The summed E-state index contributed by atoms with van der Waals surface area (Å²) in [5.41, 5.74) is -0.558. The predicted octanol–water partition coefficient (Wildman–Crippen LogP) is -0.191. The molecule has 0 bridgehead atoms. The maximum Gasteiger partial charge on any atom is 0.272 e. The van der Waals surface area contributed by atoms with E-state index in [1.165, 1.54) is 6.20 Å². The molecule has 1 aromatic rings. The van der Waals surface area contributed by atoms with Crippen LogP contribution in [0.4, 0.5) is 0 Å². The van der Waals surface area contributed by atoms with Gasteiger partial charge in [-0.2, -0.15) is 8.75 Å². The third-order valence-corrected chi connectivity index (χ3v) is 3.07. The molecule has 1 aliphatic rings. The first kappa shape index (κ1) is 11.4. The Morgan fingerprint density at radius 1 is 1.62 bits per heavy atom. The van der Waals surface area contributed by atoms with Crippen LogP contribution >= 0.6 is 11.7 Å². The average Bonchev–Trinajstić information content (AvgIpc) is 2.80. The first-order valence-corrected chi connectivity index (χ1v) is 5.79. The molecule has 1 saturated heterocycles. The highest BCUT2D eigenvalue weighted by atomic mass is 32.1. The van der Waals surface area contributed by atoms with Crippen molar-refractivity contribution < 1.29 is 14.6 Å². The molecule has 1 aromatic heterocycles. The number of nitrogens with zero attached hydrogens (tertiary/aromatic N) is 2. The van der Waals surface area contributed by atoms with E-state index < -0.39 is 5.60 Å². The van der Waals surface area contributed by atoms with Crippen LogP contribution in [-0.2, 0) is 4.74 Å². The number of carbonyl (C=O) groups is 1. The first-order chi connectivity index (χ1) is 7.70. The Kier molecular flexibility index (Phi) is 3.47. The summed E-state index contributed by atoms with van der Waals surface area (Å²) in [5, 5.41) is 12.7. The van der Waals surface area contributed by atoms with Crippen molar-refractivity contribution in [1.29, 1.82) is 0 Å². The third kappa shape index (κ3) is 2.75. The molecule has 1 aliphatic heterocycles. The monoisotopic (exact) mass is 243 g/mol. The fourth-order valence-corrected chi connectivity index (χ4v) is 1.94. The summed E-state index contributed by atoms with van der Waals surface area (Å²) in [7, 11) is 0. The van der Waals surface area contributed by atoms with Crippen molar-refractivity contribution in [3.05, 3.63) is 11.9 Å². The van der Waals surface area contributed by atoms with Gasteiger partial charge in [0.2, 0.25) is 0 Å². The molecule has 2 rings (SSSR count). The molecule has 2 heterocycles. The summed E-state index contributed by atoms with van der Waals surface area (Å²) < 4.78 is 12.7. The largest absolute Gasteiger partial charge is 0.388 e. The van der Waals surface area contributed by atoms with Gasteiger partial charge in [-0.1, -0.05) is 0 Å². The zero-order chi connectivity index (χ0) is 11.4. The smallest absolute Gasteiger partial charge is 0.272 e. The van der Waals surface area contributed by atoms with Crippen LogP contribution in [-0.4, -0.2) is 45.1 Å². The summed E-state index contributed by atoms with van der Waals surface area (Å²) in [6.45, 7) is 1.29. The molecular formula is C9H13N3O3S. The van der Waals surface area contributed by atoms with Gasteiger partial charge in [0, 0.05) is 32.6 Å². The SMILES string of the molecule is O=C(NCC1(O)CCOCC1)c1cnsn1. The molecule has 0 aliphatic carbocycles. The van der Waals surface area contributed by atoms with E-state index in [-0.39, 0.29) is 12.5 Å². The molecule has 16 heavy (non-hydrogen) atoms. The van der Waals surface area contributed by atoms with Crippen LogP contribution in [0.3, 0.4) is 0 Å². The van der Waals surface area contributed by atoms with Gasteiger partial charge in [-0.05, 0) is 0 Å². The van der Waals surface area contributed by atoms with Gasteiger partial charge >= 0.3 is 0 Å². The Bertz CT molecular complexity index is 349. The maximum atomic E-state index is 11.5. The van der Waals surface area contributed by atoms with E-state index >= 15 is 0 Å². The zero-order valence-electron chi connectivity index (χ0n) is 8.68. The molecule has 0 radical (unpaired) electrons. The Balaban J connectivity index is 1.84. The van der Waals surface area contributed by atoms with Crippen molar-refractivity contribution in [2.24, 2.45) is 0 Å². The molecule has 6 nitrogen and oxygen atoms in total. The van der Waals surface area contributed by atoms with E-state index in [9.17, 15) is 9.90 Å². The van der Waals surface area contributed by atoms with E-state index in [1.54, 1.807) is 0 Å². The van der Waals surface area contributed by atoms with Crippen LogP contribution in [0.5, 0.6) is 0 Å². The number of carbonyl (C=O) groups excluding carboxylic acids is 1. The summed E-state index contributed by atoms with van der Waals surface area (Å²) in [6.07, 6.45) is 2.50. The molecule has 0 saturated carbocycles. The number of aromatic nitrogens is 2. The lowest BCUT2D eigenvalue weighted by Gasteiger charge is -2.31. The predicted molar refractivity (Wildman–Crippen MR) is 57.2 cm³/mol.